The van der Waals surface area contributed by atoms with Crippen LogP contribution >= 0.6 is 25.3 Å². The third kappa shape index (κ3) is 3.68. The van der Waals surface area contributed by atoms with Crippen LogP contribution in [0.25, 0.3) is 0 Å². The molecule has 1 aromatic rings. The molecule has 0 spiro atoms. The molecule has 0 radical (unpaired) electrons. The van der Waals surface area contributed by atoms with E-state index in [0.29, 0.717) is 0 Å². The van der Waals surface area contributed by atoms with E-state index < -0.39 is 5.30 Å². The predicted molar refractivity (Wildman–Crippen MR) is 77.1 cm³/mol. The summed E-state index contributed by atoms with van der Waals surface area (Å²) in [6, 6.07) is 8.18. The van der Waals surface area contributed by atoms with Gasteiger partial charge in [-0.15, -0.1) is 0 Å². The molecular weight excluding hydrogens is 252 g/mol. The normalized spacial score (nSPS) is 13.2. The second-order valence-electron chi connectivity index (χ2n) is 4.60. The highest BCUT2D eigenvalue weighted by atomic mass is 32.1. The van der Waals surface area contributed by atoms with Crippen molar-refractivity contribution in [3.05, 3.63) is 35.4 Å². The molecule has 0 bridgehead atoms. The predicted octanol–water partition coefficient (Wildman–Crippen LogP) is 3.85. The molecule has 2 nitrogen and oxygen atoms in total. The molecule has 0 saturated carbocycles. The Hall–Kier alpha value is -0.610. The van der Waals surface area contributed by atoms with Gasteiger partial charge in [0.15, 0.2) is 0 Å². The summed E-state index contributed by atoms with van der Waals surface area (Å²) < 4.78 is 5.14. The van der Waals surface area contributed by atoms with Crippen molar-refractivity contribution < 1.29 is 9.53 Å². The Morgan fingerprint density at radius 2 is 1.88 bits per heavy atom. The minimum atomic E-state index is -0.544. The van der Waals surface area contributed by atoms with Crippen LogP contribution in [0.15, 0.2) is 24.3 Å². The molecular formula is C13H18O2S2. The molecule has 17 heavy (non-hydrogen) atoms. The van der Waals surface area contributed by atoms with Crippen LogP contribution in [0.2, 0.25) is 0 Å². The number of carbonyl (C=O) groups excluding carboxylic acids is 1. The van der Waals surface area contributed by atoms with Gasteiger partial charge in [0.05, 0.1) is 0 Å². The Labute approximate surface area is 114 Å². The number of hydrogen-bond donors (Lipinski definition) is 2. The van der Waals surface area contributed by atoms with Crippen molar-refractivity contribution in [2.45, 2.75) is 38.0 Å². The van der Waals surface area contributed by atoms with Gasteiger partial charge >= 0.3 is 5.30 Å². The van der Waals surface area contributed by atoms with Gasteiger partial charge in [-0.05, 0) is 18.1 Å². The number of thiol groups is 2. The second-order valence-corrected chi connectivity index (χ2v) is 5.28. The van der Waals surface area contributed by atoms with E-state index in [-0.39, 0.29) is 11.5 Å². The molecule has 0 aliphatic heterocycles. The van der Waals surface area contributed by atoms with E-state index in [1.165, 1.54) is 5.56 Å². The van der Waals surface area contributed by atoms with E-state index in [4.69, 9.17) is 4.74 Å². The van der Waals surface area contributed by atoms with Crippen LogP contribution in [0.3, 0.4) is 0 Å². The van der Waals surface area contributed by atoms with Crippen molar-refractivity contribution in [2.24, 2.45) is 0 Å². The third-order valence-corrected chi connectivity index (χ3v) is 3.64. The highest BCUT2D eigenvalue weighted by Crippen LogP contribution is 2.29. The molecule has 0 aliphatic carbocycles. The highest BCUT2D eigenvalue weighted by molar-refractivity contribution is 7.96. The van der Waals surface area contributed by atoms with E-state index in [0.717, 1.165) is 11.3 Å². The first-order valence-electron chi connectivity index (χ1n) is 5.47. The summed E-state index contributed by atoms with van der Waals surface area (Å²) in [6.45, 7) is 5.97. The summed E-state index contributed by atoms with van der Waals surface area (Å²) >= 11 is 7.87. The van der Waals surface area contributed by atoms with Crippen LogP contribution in [0, 0.1) is 0 Å². The van der Waals surface area contributed by atoms with E-state index in [9.17, 15) is 4.79 Å². The van der Waals surface area contributed by atoms with Crippen LogP contribution in [-0.2, 0) is 15.9 Å². The molecule has 0 fully saturated rings. The molecule has 0 aliphatic rings. The van der Waals surface area contributed by atoms with Crippen LogP contribution in [-0.4, -0.2) is 11.4 Å². The molecule has 1 aromatic carbocycles. The summed E-state index contributed by atoms with van der Waals surface area (Å²) in [5.74, 6) is 0.724. The van der Waals surface area contributed by atoms with E-state index in [2.05, 4.69) is 37.4 Å². The Kier molecular flexibility index (Phi) is 4.95. The van der Waals surface area contributed by atoms with Gasteiger partial charge in [0, 0.05) is 11.2 Å². The van der Waals surface area contributed by atoms with Gasteiger partial charge in [-0.1, -0.05) is 50.7 Å². The maximum atomic E-state index is 10.9. The molecule has 0 aromatic heterocycles. The lowest BCUT2D eigenvalue weighted by Crippen LogP contribution is -2.34. The fourth-order valence-corrected chi connectivity index (χ4v) is 1.94. The largest absolute Gasteiger partial charge is 0.454 e. The number of hydrogen-bond acceptors (Lipinski definition) is 3. The Balaban J connectivity index is 2.90. The first-order valence-corrected chi connectivity index (χ1v) is 6.55. The summed E-state index contributed by atoms with van der Waals surface area (Å²) in [6.07, 6.45) is -0.227. The van der Waals surface area contributed by atoms with Crippen molar-refractivity contribution in [3.63, 3.8) is 0 Å². The molecule has 0 N–H and O–H groups in total. The van der Waals surface area contributed by atoms with Crippen molar-refractivity contribution >= 4 is 30.6 Å². The fourth-order valence-electron chi connectivity index (χ4n) is 1.57. The first-order chi connectivity index (χ1) is 7.87. The van der Waals surface area contributed by atoms with Crippen LogP contribution in [0.1, 0.15) is 31.9 Å². The number of benzene rings is 1. The molecule has 0 heterocycles. The van der Waals surface area contributed by atoms with Gasteiger partial charge in [-0.2, -0.15) is 12.6 Å². The van der Waals surface area contributed by atoms with Gasteiger partial charge in [-0.3, -0.25) is 0 Å². The van der Waals surface area contributed by atoms with Crippen molar-refractivity contribution in [1.29, 1.82) is 0 Å². The molecule has 0 amide bonds. The minimum Gasteiger partial charge on any atom is -0.454 e. The van der Waals surface area contributed by atoms with Gasteiger partial charge < -0.3 is 4.74 Å². The zero-order valence-corrected chi connectivity index (χ0v) is 12.1. The Morgan fingerprint density at radius 3 is 2.29 bits per heavy atom. The Bertz CT molecular complexity index is 385. The fraction of sp³-hybridized carbons (Fsp3) is 0.462. The van der Waals surface area contributed by atoms with Crippen LogP contribution < -0.4 is 0 Å². The minimum absolute atomic E-state index is 0.227. The Morgan fingerprint density at radius 1 is 1.35 bits per heavy atom. The number of ether oxygens (including phenoxy) is 1. The molecule has 94 valence electrons. The lowest BCUT2D eigenvalue weighted by Gasteiger charge is -2.31. The SMILES string of the molecule is CC(OC(=O)S)C(C)(C)c1ccc(CS)cc1. The molecule has 1 atom stereocenters. The van der Waals surface area contributed by atoms with Gasteiger partial charge in [0.1, 0.15) is 6.10 Å². The van der Waals surface area contributed by atoms with Gasteiger partial charge in [-0.25, -0.2) is 4.79 Å². The monoisotopic (exact) mass is 270 g/mol. The maximum Gasteiger partial charge on any atom is 0.364 e. The van der Waals surface area contributed by atoms with E-state index in [1.807, 2.05) is 32.9 Å². The standard InChI is InChI=1S/C13H18O2S2/c1-9(15-12(14)17)13(2,3)11-6-4-10(8-16)5-7-11/h4-7,9,16H,8H2,1-3H3,(H,14,17). The zero-order chi connectivity index (χ0) is 13.1. The van der Waals surface area contributed by atoms with Crippen molar-refractivity contribution in [2.75, 3.05) is 0 Å². The summed E-state index contributed by atoms with van der Waals surface area (Å²) in [7, 11) is 0. The zero-order valence-electron chi connectivity index (χ0n) is 10.3. The van der Waals surface area contributed by atoms with Gasteiger partial charge in [0.25, 0.3) is 0 Å². The lowest BCUT2D eigenvalue weighted by atomic mass is 9.80. The average molecular weight is 270 g/mol. The quantitative estimate of drug-likeness (QED) is 0.642. The number of carbonyl (C=O) groups is 1. The second kappa shape index (κ2) is 5.83. The van der Waals surface area contributed by atoms with Crippen molar-refractivity contribution in [1.82, 2.24) is 0 Å². The van der Waals surface area contributed by atoms with Crippen LogP contribution in [0.5, 0.6) is 0 Å². The topological polar surface area (TPSA) is 26.3 Å². The number of rotatable bonds is 4. The summed E-state index contributed by atoms with van der Waals surface area (Å²) in [4.78, 5) is 10.9. The third-order valence-electron chi connectivity index (χ3n) is 3.17. The lowest BCUT2D eigenvalue weighted by molar-refractivity contribution is 0.0885. The van der Waals surface area contributed by atoms with Crippen LogP contribution in [0.4, 0.5) is 4.79 Å². The maximum absolute atomic E-state index is 10.9. The molecule has 1 unspecified atom stereocenters. The van der Waals surface area contributed by atoms with E-state index >= 15 is 0 Å². The summed E-state index contributed by atoms with van der Waals surface area (Å²) in [5, 5.41) is -0.544. The molecule has 0 saturated heterocycles. The first kappa shape index (κ1) is 14.5. The summed E-state index contributed by atoms with van der Waals surface area (Å²) in [5.41, 5.74) is 2.06. The van der Waals surface area contributed by atoms with E-state index in [1.54, 1.807) is 0 Å². The van der Waals surface area contributed by atoms with Gasteiger partial charge in [0.2, 0.25) is 0 Å². The molecule has 4 heteroatoms. The molecule has 1 rings (SSSR count). The highest BCUT2D eigenvalue weighted by Gasteiger charge is 2.30. The average Bonchev–Trinajstić information content (AvgIpc) is 2.28. The van der Waals surface area contributed by atoms with Crippen molar-refractivity contribution in [3.8, 4) is 0 Å². The smallest absolute Gasteiger partial charge is 0.364 e.